The lowest BCUT2D eigenvalue weighted by atomic mass is 9.98. The molecule has 0 aliphatic carbocycles. The van der Waals surface area contributed by atoms with Crippen LogP contribution in [0.25, 0.3) is 11.4 Å². The third kappa shape index (κ3) is 5.01. The number of nitrogens with one attached hydrogen (secondary N) is 2. The van der Waals surface area contributed by atoms with Gasteiger partial charge in [0, 0.05) is 17.3 Å². The largest absolute Gasteiger partial charge is 0.386 e. The van der Waals surface area contributed by atoms with E-state index in [9.17, 15) is 5.11 Å². The first-order valence-corrected chi connectivity index (χ1v) is 8.99. The summed E-state index contributed by atoms with van der Waals surface area (Å²) in [6.07, 6.45) is 0. The molecule has 0 saturated heterocycles. The van der Waals surface area contributed by atoms with Crippen molar-refractivity contribution in [2.45, 2.75) is 39.3 Å². The molecule has 0 fully saturated rings. The van der Waals surface area contributed by atoms with Gasteiger partial charge in [-0.15, -0.1) is 0 Å². The first kappa shape index (κ1) is 18.8. The van der Waals surface area contributed by atoms with Crippen molar-refractivity contribution in [1.82, 2.24) is 15.0 Å². The van der Waals surface area contributed by atoms with Crippen LogP contribution in [0.2, 0.25) is 0 Å². The minimum atomic E-state index is -0.920. The number of aromatic nitrogens is 3. The van der Waals surface area contributed by atoms with E-state index < -0.39 is 5.60 Å². The normalized spacial score (nSPS) is 11.5. The minimum absolute atomic E-state index is 0.197. The lowest BCUT2D eigenvalue weighted by molar-refractivity contribution is 0.0786. The molecule has 6 heteroatoms. The summed E-state index contributed by atoms with van der Waals surface area (Å²) in [7, 11) is 0. The Morgan fingerprint density at radius 1 is 0.889 bits per heavy atom. The molecule has 1 aromatic heterocycles. The Hall–Kier alpha value is -2.99. The van der Waals surface area contributed by atoms with Crippen LogP contribution in [0.5, 0.6) is 0 Å². The second-order valence-corrected chi connectivity index (χ2v) is 7.24. The Balaban J connectivity index is 1.97. The summed E-state index contributed by atoms with van der Waals surface area (Å²) < 4.78 is 0. The molecule has 3 rings (SSSR count). The van der Waals surface area contributed by atoms with Gasteiger partial charge in [0.1, 0.15) is 0 Å². The molecule has 0 saturated carbocycles. The number of rotatable bonds is 6. The zero-order valence-electron chi connectivity index (χ0n) is 16.1. The van der Waals surface area contributed by atoms with Crippen molar-refractivity contribution in [3.8, 4) is 11.4 Å². The predicted octanol–water partition coefficient (Wildman–Crippen LogP) is 4.33. The van der Waals surface area contributed by atoms with Gasteiger partial charge in [0.2, 0.25) is 11.9 Å². The Labute approximate surface area is 159 Å². The first-order chi connectivity index (χ1) is 12.8. The number of nitrogens with zero attached hydrogens (tertiary/aromatic N) is 3. The van der Waals surface area contributed by atoms with Crippen molar-refractivity contribution in [2.24, 2.45) is 0 Å². The highest BCUT2D eigenvalue weighted by atomic mass is 16.3. The maximum atomic E-state index is 10.2. The molecular weight excluding hydrogens is 338 g/mol. The van der Waals surface area contributed by atoms with Crippen molar-refractivity contribution in [2.75, 3.05) is 10.6 Å². The van der Waals surface area contributed by atoms with Gasteiger partial charge < -0.3 is 15.7 Å². The summed E-state index contributed by atoms with van der Waals surface area (Å²) >= 11 is 0. The van der Waals surface area contributed by atoms with Crippen LogP contribution in [0.1, 0.15) is 33.3 Å². The fourth-order valence-electron chi connectivity index (χ4n) is 2.58. The molecule has 0 aliphatic rings. The molecule has 0 aliphatic heterocycles. The molecule has 0 radical (unpaired) electrons. The number of benzene rings is 2. The van der Waals surface area contributed by atoms with Gasteiger partial charge in [0.05, 0.1) is 5.60 Å². The van der Waals surface area contributed by atoms with Gasteiger partial charge in [-0.05, 0) is 45.4 Å². The van der Waals surface area contributed by atoms with Crippen LogP contribution < -0.4 is 10.6 Å². The van der Waals surface area contributed by atoms with Crippen LogP contribution in [-0.2, 0) is 5.60 Å². The fourth-order valence-corrected chi connectivity index (χ4v) is 2.58. The van der Waals surface area contributed by atoms with Crippen LogP contribution in [-0.4, -0.2) is 26.1 Å². The second-order valence-electron chi connectivity index (χ2n) is 7.24. The average Bonchev–Trinajstić information content (AvgIpc) is 2.61. The van der Waals surface area contributed by atoms with E-state index in [1.165, 1.54) is 0 Å². The van der Waals surface area contributed by atoms with E-state index in [-0.39, 0.29) is 6.04 Å². The highest BCUT2D eigenvalue weighted by Crippen LogP contribution is 2.25. The van der Waals surface area contributed by atoms with Gasteiger partial charge >= 0.3 is 0 Å². The molecule has 6 nitrogen and oxygen atoms in total. The average molecular weight is 363 g/mol. The number of anilines is 3. The monoisotopic (exact) mass is 363 g/mol. The predicted molar refractivity (Wildman–Crippen MR) is 109 cm³/mol. The van der Waals surface area contributed by atoms with Gasteiger partial charge in [0.25, 0.3) is 0 Å². The lowest BCUT2D eigenvalue weighted by Gasteiger charge is -2.19. The van der Waals surface area contributed by atoms with Gasteiger partial charge in [-0.1, -0.05) is 42.5 Å². The summed E-state index contributed by atoms with van der Waals surface area (Å²) in [6, 6.07) is 17.6. The van der Waals surface area contributed by atoms with Crippen molar-refractivity contribution in [3.05, 3.63) is 60.2 Å². The van der Waals surface area contributed by atoms with Crippen molar-refractivity contribution >= 4 is 17.6 Å². The maximum Gasteiger partial charge on any atom is 0.232 e. The fraction of sp³-hybridized carbons (Fsp3) is 0.286. The first-order valence-electron chi connectivity index (χ1n) is 8.99. The minimum Gasteiger partial charge on any atom is -0.386 e. The van der Waals surface area contributed by atoms with Crippen LogP contribution >= 0.6 is 0 Å². The molecule has 0 amide bonds. The molecule has 0 atom stereocenters. The SMILES string of the molecule is CC(C)Nc1nc(Nc2cccc(C(C)(C)O)c2)nc(-c2ccccc2)n1. The number of aliphatic hydroxyl groups is 1. The van der Waals surface area contributed by atoms with Crippen molar-refractivity contribution < 1.29 is 5.11 Å². The molecule has 3 N–H and O–H groups in total. The molecule has 3 aromatic rings. The Bertz CT molecular complexity index is 904. The molecule has 27 heavy (non-hydrogen) atoms. The third-order valence-electron chi connectivity index (χ3n) is 3.91. The topological polar surface area (TPSA) is 83.0 Å². The third-order valence-corrected chi connectivity index (χ3v) is 3.91. The van der Waals surface area contributed by atoms with E-state index in [1.54, 1.807) is 13.8 Å². The van der Waals surface area contributed by atoms with Crippen LogP contribution in [0.3, 0.4) is 0 Å². The molecule has 2 aromatic carbocycles. The van der Waals surface area contributed by atoms with E-state index in [4.69, 9.17) is 0 Å². The molecule has 0 spiro atoms. The summed E-state index contributed by atoms with van der Waals surface area (Å²) in [6.45, 7) is 7.58. The summed E-state index contributed by atoms with van der Waals surface area (Å²) in [4.78, 5) is 13.6. The van der Waals surface area contributed by atoms with Gasteiger partial charge in [-0.3, -0.25) is 0 Å². The number of hydrogen-bond acceptors (Lipinski definition) is 6. The zero-order valence-corrected chi connectivity index (χ0v) is 16.1. The smallest absolute Gasteiger partial charge is 0.232 e. The molecule has 140 valence electrons. The molecule has 0 bridgehead atoms. The Morgan fingerprint density at radius 3 is 2.26 bits per heavy atom. The number of hydrogen-bond donors (Lipinski definition) is 3. The van der Waals surface area contributed by atoms with Gasteiger partial charge in [-0.25, -0.2) is 0 Å². The van der Waals surface area contributed by atoms with Crippen LogP contribution in [0.4, 0.5) is 17.6 Å². The summed E-state index contributed by atoms with van der Waals surface area (Å²) in [5, 5.41) is 16.7. The Kier molecular flexibility index (Phi) is 5.37. The van der Waals surface area contributed by atoms with Crippen molar-refractivity contribution in [3.63, 3.8) is 0 Å². The summed E-state index contributed by atoms with van der Waals surface area (Å²) in [5.74, 6) is 1.55. The maximum absolute atomic E-state index is 10.2. The van der Waals surface area contributed by atoms with Crippen LogP contribution in [0.15, 0.2) is 54.6 Å². The van der Waals surface area contributed by atoms with Gasteiger partial charge in [-0.2, -0.15) is 15.0 Å². The second kappa shape index (κ2) is 7.72. The van der Waals surface area contributed by atoms with E-state index in [0.717, 1.165) is 16.8 Å². The molecule has 0 unspecified atom stereocenters. The van der Waals surface area contributed by atoms with Gasteiger partial charge in [0.15, 0.2) is 5.82 Å². The molecular formula is C21H25N5O. The highest BCUT2D eigenvalue weighted by Gasteiger charge is 2.16. The standard InChI is InChI=1S/C21H25N5O/c1-14(2)22-19-24-18(15-9-6-5-7-10-15)25-20(26-19)23-17-12-8-11-16(13-17)21(3,4)27/h5-14,27H,1-4H3,(H2,22,23,24,25,26). The lowest BCUT2D eigenvalue weighted by Crippen LogP contribution is -2.16. The van der Waals surface area contributed by atoms with E-state index in [1.807, 2.05) is 68.4 Å². The quantitative estimate of drug-likeness (QED) is 0.605. The van der Waals surface area contributed by atoms with E-state index in [0.29, 0.717) is 17.7 Å². The van der Waals surface area contributed by atoms with E-state index >= 15 is 0 Å². The Morgan fingerprint density at radius 2 is 1.59 bits per heavy atom. The summed E-state index contributed by atoms with van der Waals surface area (Å²) in [5.41, 5.74) is 1.61. The van der Waals surface area contributed by atoms with Crippen molar-refractivity contribution in [1.29, 1.82) is 0 Å². The zero-order chi connectivity index (χ0) is 19.4. The highest BCUT2D eigenvalue weighted by molar-refractivity contribution is 5.61. The van der Waals surface area contributed by atoms with Crippen LogP contribution in [0, 0.1) is 0 Å². The van der Waals surface area contributed by atoms with E-state index in [2.05, 4.69) is 25.6 Å². The molecule has 1 heterocycles.